The molecule has 1 atom stereocenters. The van der Waals surface area contributed by atoms with E-state index in [1.165, 1.54) is 0 Å². The number of primary amides is 1. The molecule has 2 rings (SSSR count). The first-order chi connectivity index (χ1) is 9.74. The van der Waals surface area contributed by atoms with Crippen LogP contribution in [0.5, 0.6) is 0 Å². The molecule has 6 nitrogen and oxygen atoms in total. The Morgan fingerprint density at radius 3 is 2.48 bits per heavy atom. The predicted octanol–water partition coefficient (Wildman–Crippen LogP) is 0.672. The van der Waals surface area contributed by atoms with Crippen LogP contribution < -0.4 is 16.4 Å². The lowest BCUT2D eigenvalue weighted by Crippen LogP contribution is -2.38. The Bertz CT molecular complexity index is 585. The third-order valence-electron chi connectivity index (χ3n) is 4.11. The summed E-state index contributed by atoms with van der Waals surface area (Å²) in [5, 5.41) is 0. The number of anilines is 2. The Hall–Kier alpha value is -2.24. The molecule has 1 heterocycles. The van der Waals surface area contributed by atoms with Gasteiger partial charge in [0.2, 0.25) is 5.91 Å². The highest BCUT2D eigenvalue weighted by atomic mass is 16.2. The van der Waals surface area contributed by atoms with Gasteiger partial charge in [0.05, 0.1) is 16.8 Å². The molecule has 1 aliphatic rings. The van der Waals surface area contributed by atoms with Gasteiger partial charge in [-0.1, -0.05) is 0 Å². The van der Waals surface area contributed by atoms with Gasteiger partial charge in [0.1, 0.15) is 0 Å². The molecular formula is C15H22N4O2. The van der Waals surface area contributed by atoms with Gasteiger partial charge in [-0.2, -0.15) is 0 Å². The molecule has 4 N–H and O–H groups in total. The van der Waals surface area contributed by atoms with Gasteiger partial charge in [-0.15, -0.1) is 0 Å². The number of nitrogens with two attached hydrogens (primary N) is 2. The van der Waals surface area contributed by atoms with Crippen molar-refractivity contribution in [2.45, 2.75) is 13.3 Å². The number of benzene rings is 1. The second kappa shape index (κ2) is 5.27. The highest BCUT2D eigenvalue weighted by molar-refractivity contribution is 5.97. The molecule has 0 aliphatic carbocycles. The minimum absolute atomic E-state index is 0.114. The summed E-state index contributed by atoms with van der Waals surface area (Å²) >= 11 is 0. The summed E-state index contributed by atoms with van der Waals surface area (Å²) in [6.07, 6.45) is 0.597. The first-order valence-corrected chi connectivity index (χ1v) is 6.90. The number of hydrogen-bond donors (Lipinski definition) is 2. The van der Waals surface area contributed by atoms with E-state index < -0.39 is 5.41 Å². The van der Waals surface area contributed by atoms with Crippen LogP contribution in [0.4, 0.5) is 11.4 Å². The van der Waals surface area contributed by atoms with E-state index in [0.717, 1.165) is 5.69 Å². The number of carbonyl (C=O) groups is 2. The maximum Gasteiger partial charge on any atom is 0.253 e. The van der Waals surface area contributed by atoms with Crippen molar-refractivity contribution >= 4 is 23.2 Å². The number of amides is 2. The zero-order valence-electron chi connectivity index (χ0n) is 12.7. The fourth-order valence-electron chi connectivity index (χ4n) is 2.61. The smallest absolute Gasteiger partial charge is 0.253 e. The number of rotatable bonds is 3. The third kappa shape index (κ3) is 2.79. The molecule has 1 saturated heterocycles. The standard InChI is InChI=1S/C15H22N4O2/c1-15(14(17)21)6-7-19(9-15)13(20)10-4-5-12(18(2)3)11(16)8-10/h4-5,8H,6-7,9,16H2,1-3H3,(H2,17,21). The highest BCUT2D eigenvalue weighted by Gasteiger charge is 2.40. The molecule has 1 aliphatic heterocycles. The van der Waals surface area contributed by atoms with E-state index in [9.17, 15) is 9.59 Å². The third-order valence-corrected chi connectivity index (χ3v) is 4.11. The fraction of sp³-hybridized carbons (Fsp3) is 0.467. The molecule has 0 bridgehead atoms. The van der Waals surface area contributed by atoms with Crippen LogP contribution in [0.25, 0.3) is 0 Å². The minimum Gasteiger partial charge on any atom is -0.397 e. The van der Waals surface area contributed by atoms with Gasteiger partial charge in [-0.05, 0) is 31.5 Å². The molecule has 0 aromatic heterocycles. The minimum atomic E-state index is -0.634. The van der Waals surface area contributed by atoms with Crippen LogP contribution in [0.2, 0.25) is 0 Å². The van der Waals surface area contributed by atoms with E-state index >= 15 is 0 Å². The topological polar surface area (TPSA) is 92.7 Å². The van der Waals surface area contributed by atoms with Gasteiger partial charge in [-0.25, -0.2) is 0 Å². The molecule has 2 amide bonds. The summed E-state index contributed by atoms with van der Waals surface area (Å²) in [7, 11) is 3.79. The van der Waals surface area contributed by atoms with Crippen molar-refractivity contribution in [1.82, 2.24) is 4.90 Å². The van der Waals surface area contributed by atoms with Gasteiger partial charge in [0, 0.05) is 32.7 Å². The first kappa shape index (κ1) is 15.2. The fourth-order valence-corrected chi connectivity index (χ4v) is 2.61. The molecule has 6 heteroatoms. The molecule has 0 spiro atoms. The van der Waals surface area contributed by atoms with Crippen molar-refractivity contribution in [1.29, 1.82) is 0 Å². The summed E-state index contributed by atoms with van der Waals surface area (Å²) < 4.78 is 0. The largest absolute Gasteiger partial charge is 0.397 e. The van der Waals surface area contributed by atoms with E-state index in [0.29, 0.717) is 30.8 Å². The Labute approximate surface area is 124 Å². The van der Waals surface area contributed by atoms with Crippen LogP contribution in [0.1, 0.15) is 23.7 Å². The van der Waals surface area contributed by atoms with E-state index in [2.05, 4.69) is 0 Å². The van der Waals surface area contributed by atoms with Crippen LogP contribution in [-0.2, 0) is 4.79 Å². The SMILES string of the molecule is CN(C)c1ccc(C(=O)N2CCC(C)(C(N)=O)C2)cc1N. The Balaban J connectivity index is 2.19. The van der Waals surface area contributed by atoms with Gasteiger partial charge in [-0.3, -0.25) is 9.59 Å². The number of hydrogen-bond acceptors (Lipinski definition) is 4. The Kier molecular flexibility index (Phi) is 3.80. The van der Waals surface area contributed by atoms with Crippen molar-refractivity contribution in [3.05, 3.63) is 23.8 Å². The van der Waals surface area contributed by atoms with E-state index in [-0.39, 0.29) is 11.8 Å². The molecule has 114 valence electrons. The first-order valence-electron chi connectivity index (χ1n) is 6.90. The predicted molar refractivity (Wildman–Crippen MR) is 83.0 cm³/mol. The van der Waals surface area contributed by atoms with E-state index in [1.54, 1.807) is 24.0 Å². The molecule has 1 fully saturated rings. The number of likely N-dealkylation sites (tertiary alicyclic amines) is 1. The second-order valence-electron chi connectivity index (χ2n) is 6.07. The molecule has 0 saturated carbocycles. The van der Waals surface area contributed by atoms with Crippen LogP contribution in [-0.4, -0.2) is 43.9 Å². The molecule has 21 heavy (non-hydrogen) atoms. The van der Waals surface area contributed by atoms with Crippen LogP contribution >= 0.6 is 0 Å². The monoisotopic (exact) mass is 290 g/mol. The van der Waals surface area contributed by atoms with Crippen LogP contribution in [0.3, 0.4) is 0 Å². The van der Waals surface area contributed by atoms with E-state index in [4.69, 9.17) is 11.5 Å². The van der Waals surface area contributed by atoms with Gasteiger partial charge < -0.3 is 21.3 Å². The van der Waals surface area contributed by atoms with Crippen LogP contribution in [0, 0.1) is 5.41 Å². The molecule has 1 unspecified atom stereocenters. The summed E-state index contributed by atoms with van der Waals surface area (Å²) in [6.45, 7) is 2.69. The Morgan fingerprint density at radius 1 is 1.33 bits per heavy atom. The van der Waals surface area contributed by atoms with Crippen LogP contribution in [0.15, 0.2) is 18.2 Å². The highest BCUT2D eigenvalue weighted by Crippen LogP contribution is 2.31. The van der Waals surface area contributed by atoms with Crippen molar-refractivity contribution in [2.24, 2.45) is 11.1 Å². The van der Waals surface area contributed by atoms with Crippen molar-refractivity contribution in [2.75, 3.05) is 37.8 Å². The van der Waals surface area contributed by atoms with Gasteiger partial charge in [0.25, 0.3) is 5.91 Å². The molecule has 0 radical (unpaired) electrons. The lowest BCUT2D eigenvalue weighted by molar-refractivity contribution is -0.126. The maximum atomic E-state index is 12.5. The summed E-state index contributed by atoms with van der Waals surface area (Å²) in [4.78, 5) is 27.5. The number of nitrogens with zero attached hydrogens (tertiary/aromatic N) is 2. The number of carbonyl (C=O) groups excluding carboxylic acids is 2. The van der Waals surface area contributed by atoms with Crippen molar-refractivity contribution in [3.63, 3.8) is 0 Å². The molecular weight excluding hydrogens is 268 g/mol. The van der Waals surface area contributed by atoms with Gasteiger partial charge >= 0.3 is 0 Å². The second-order valence-corrected chi connectivity index (χ2v) is 6.07. The zero-order chi connectivity index (χ0) is 15.8. The zero-order valence-corrected chi connectivity index (χ0v) is 12.7. The quantitative estimate of drug-likeness (QED) is 0.800. The van der Waals surface area contributed by atoms with Crippen molar-refractivity contribution < 1.29 is 9.59 Å². The molecule has 1 aromatic rings. The summed E-state index contributed by atoms with van der Waals surface area (Å²) in [5.41, 5.74) is 12.7. The summed E-state index contributed by atoms with van der Waals surface area (Å²) in [6, 6.07) is 5.26. The average Bonchev–Trinajstić information content (AvgIpc) is 2.81. The summed E-state index contributed by atoms with van der Waals surface area (Å²) in [5.74, 6) is -0.475. The van der Waals surface area contributed by atoms with Gasteiger partial charge in [0.15, 0.2) is 0 Å². The number of nitrogen functional groups attached to an aromatic ring is 1. The Morgan fingerprint density at radius 2 is 2.00 bits per heavy atom. The lowest BCUT2D eigenvalue weighted by atomic mass is 9.89. The lowest BCUT2D eigenvalue weighted by Gasteiger charge is -2.22. The van der Waals surface area contributed by atoms with Crippen molar-refractivity contribution in [3.8, 4) is 0 Å². The maximum absolute atomic E-state index is 12.5. The molecule has 1 aromatic carbocycles. The van der Waals surface area contributed by atoms with E-state index in [1.807, 2.05) is 25.1 Å². The average molecular weight is 290 g/mol. The normalized spacial score (nSPS) is 21.4.